The van der Waals surface area contributed by atoms with E-state index in [0.717, 1.165) is 23.7 Å². The van der Waals surface area contributed by atoms with Gasteiger partial charge in [0.1, 0.15) is 0 Å². The first-order valence-corrected chi connectivity index (χ1v) is 6.73. The summed E-state index contributed by atoms with van der Waals surface area (Å²) in [6.45, 7) is 0.458. The van der Waals surface area contributed by atoms with Gasteiger partial charge in [0.15, 0.2) is 0 Å². The summed E-state index contributed by atoms with van der Waals surface area (Å²) in [5.41, 5.74) is 0. The summed E-state index contributed by atoms with van der Waals surface area (Å²) in [6, 6.07) is 0. The Morgan fingerprint density at radius 1 is 1.12 bits per heavy atom. The molecule has 1 N–H and O–H groups in total. The van der Waals surface area contributed by atoms with Crippen LogP contribution in [-0.2, 0) is 9.53 Å². The maximum Gasteiger partial charge on any atom is 0.328 e. The summed E-state index contributed by atoms with van der Waals surface area (Å²) in [6.07, 6.45) is 10.0. The number of carbonyl (C=O) groups is 1. The van der Waals surface area contributed by atoms with Gasteiger partial charge in [-0.25, -0.2) is 4.79 Å². The molecule has 0 aromatic heterocycles. The van der Waals surface area contributed by atoms with Crippen LogP contribution in [0.25, 0.3) is 0 Å². The standard InChI is InChI=1S/C14H20O3/c15-13(16)2-1-3-17-14-11-5-9-4-10(7-11)8-12(14)6-9/h1-2,9-12,14H,3-8H2,(H,15,16)/b2-1+. The number of hydrogen-bond acceptors (Lipinski definition) is 2. The summed E-state index contributed by atoms with van der Waals surface area (Å²) in [4.78, 5) is 10.4. The van der Waals surface area contributed by atoms with Crippen molar-refractivity contribution in [1.82, 2.24) is 0 Å². The predicted molar refractivity (Wildman–Crippen MR) is 63.6 cm³/mol. The minimum atomic E-state index is -0.890. The van der Waals surface area contributed by atoms with Crippen LogP contribution in [0, 0.1) is 23.7 Å². The third-order valence-electron chi connectivity index (χ3n) is 4.79. The molecule has 0 amide bonds. The number of hydrogen-bond donors (Lipinski definition) is 1. The molecule has 4 aliphatic carbocycles. The highest BCUT2D eigenvalue weighted by Gasteiger charge is 2.48. The van der Waals surface area contributed by atoms with Gasteiger partial charge in [-0.3, -0.25) is 0 Å². The Hall–Kier alpha value is -0.830. The Kier molecular flexibility index (Phi) is 2.95. The molecule has 0 saturated heterocycles. The van der Waals surface area contributed by atoms with E-state index < -0.39 is 5.97 Å². The van der Waals surface area contributed by atoms with Gasteiger partial charge in [0, 0.05) is 6.08 Å². The zero-order valence-corrected chi connectivity index (χ0v) is 10.0. The molecule has 3 heteroatoms. The maximum absolute atomic E-state index is 10.4. The van der Waals surface area contributed by atoms with Crippen LogP contribution in [0.1, 0.15) is 32.1 Å². The number of carboxylic acid groups (broad SMARTS) is 1. The molecule has 0 radical (unpaired) electrons. The highest BCUT2D eigenvalue weighted by molar-refractivity contribution is 5.79. The van der Waals surface area contributed by atoms with Gasteiger partial charge in [-0.05, 0) is 55.8 Å². The van der Waals surface area contributed by atoms with Gasteiger partial charge in [-0.1, -0.05) is 6.08 Å². The third-order valence-corrected chi connectivity index (χ3v) is 4.79. The van der Waals surface area contributed by atoms with Crippen LogP contribution in [0.5, 0.6) is 0 Å². The molecule has 4 bridgehead atoms. The minimum absolute atomic E-state index is 0.404. The van der Waals surface area contributed by atoms with E-state index in [4.69, 9.17) is 9.84 Å². The van der Waals surface area contributed by atoms with E-state index in [1.54, 1.807) is 6.08 Å². The van der Waals surface area contributed by atoms with E-state index in [9.17, 15) is 4.79 Å². The molecule has 0 aromatic rings. The number of ether oxygens (including phenoxy) is 1. The van der Waals surface area contributed by atoms with Crippen molar-refractivity contribution in [3.05, 3.63) is 12.2 Å². The average molecular weight is 236 g/mol. The lowest BCUT2D eigenvalue weighted by Crippen LogP contribution is -2.49. The number of rotatable bonds is 4. The molecule has 0 heterocycles. The van der Waals surface area contributed by atoms with Crippen molar-refractivity contribution in [2.24, 2.45) is 23.7 Å². The van der Waals surface area contributed by atoms with Gasteiger partial charge in [-0.15, -0.1) is 0 Å². The van der Waals surface area contributed by atoms with E-state index in [0.29, 0.717) is 12.7 Å². The average Bonchev–Trinajstić information content (AvgIpc) is 2.25. The smallest absolute Gasteiger partial charge is 0.328 e. The summed E-state index contributed by atoms with van der Waals surface area (Å²) >= 11 is 0. The number of carboxylic acids is 1. The molecule has 0 atom stereocenters. The van der Waals surface area contributed by atoms with E-state index in [1.807, 2.05) is 0 Å². The normalized spacial score (nSPS) is 43.4. The Balaban J connectivity index is 1.55. The predicted octanol–water partition coefficient (Wildman–Crippen LogP) is 2.47. The van der Waals surface area contributed by atoms with Crippen molar-refractivity contribution in [1.29, 1.82) is 0 Å². The maximum atomic E-state index is 10.4. The molecule has 4 fully saturated rings. The quantitative estimate of drug-likeness (QED) is 0.763. The topological polar surface area (TPSA) is 46.5 Å². The molecule has 17 heavy (non-hydrogen) atoms. The van der Waals surface area contributed by atoms with Crippen molar-refractivity contribution in [3.63, 3.8) is 0 Å². The molecule has 94 valence electrons. The van der Waals surface area contributed by atoms with E-state index >= 15 is 0 Å². The second-order valence-electron chi connectivity index (χ2n) is 5.97. The van der Waals surface area contributed by atoms with Crippen molar-refractivity contribution < 1.29 is 14.6 Å². The van der Waals surface area contributed by atoms with E-state index in [-0.39, 0.29) is 0 Å². The van der Waals surface area contributed by atoms with Crippen LogP contribution in [0.4, 0.5) is 0 Å². The highest BCUT2D eigenvalue weighted by Crippen LogP contribution is 2.54. The lowest BCUT2D eigenvalue weighted by atomic mass is 9.55. The van der Waals surface area contributed by atoms with Gasteiger partial charge in [0.2, 0.25) is 0 Å². The van der Waals surface area contributed by atoms with Crippen LogP contribution in [0.2, 0.25) is 0 Å². The van der Waals surface area contributed by atoms with Crippen LogP contribution in [-0.4, -0.2) is 23.8 Å². The van der Waals surface area contributed by atoms with Crippen LogP contribution in [0.15, 0.2) is 12.2 Å². The van der Waals surface area contributed by atoms with Crippen molar-refractivity contribution in [2.75, 3.05) is 6.61 Å². The van der Waals surface area contributed by atoms with Crippen molar-refractivity contribution in [2.45, 2.75) is 38.2 Å². The fourth-order valence-corrected chi connectivity index (χ4v) is 4.46. The van der Waals surface area contributed by atoms with E-state index in [2.05, 4.69) is 0 Å². The van der Waals surface area contributed by atoms with Crippen LogP contribution in [0.3, 0.4) is 0 Å². The Morgan fingerprint density at radius 2 is 1.71 bits per heavy atom. The van der Waals surface area contributed by atoms with E-state index in [1.165, 1.54) is 38.2 Å². The number of aliphatic carboxylic acids is 1. The summed E-state index contributed by atoms with van der Waals surface area (Å²) in [5.74, 6) is 2.55. The first-order valence-electron chi connectivity index (χ1n) is 6.73. The largest absolute Gasteiger partial charge is 0.478 e. The minimum Gasteiger partial charge on any atom is -0.478 e. The van der Waals surface area contributed by atoms with Crippen molar-refractivity contribution in [3.8, 4) is 0 Å². The fraction of sp³-hybridized carbons (Fsp3) is 0.786. The molecule has 0 aromatic carbocycles. The lowest BCUT2D eigenvalue weighted by molar-refractivity contribution is -0.131. The Bertz CT molecular complexity index is 306. The molecule has 4 aliphatic rings. The molecule has 3 nitrogen and oxygen atoms in total. The molecule has 0 unspecified atom stereocenters. The molecule has 0 aliphatic heterocycles. The first kappa shape index (κ1) is 11.3. The molecular weight excluding hydrogens is 216 g/mol. The third kappa shape index (κ3) is 2.25. The van der Waals surface area contributed by atoms with Gasteiger partial charge < -0.3 is 9.84 Å². The molecule has 0 spiro atoms. The van der Waals surface area contributed by atoms with Gasteiger partial charge >= 0.3 is 5.97 Å². The fourth-order valence-electron chi connectivity index (χ4n) is 4.46. The zero-order valence-electron chi connectivity index (χ0n) is 10.0. The Morgan fingerprint density at radius 3 is 2.24 bits per heavy atom. The monoisotopic (exact) mass is 236 g/mol. The van der Waals surface area contributed by atoms with Gasteiger partial charge in [-0.2, -0.15) is 0 Å². The molecule has 4 saturated carbocycles. The summed E-state index contributed by atoms with van der Waals surface area (Å²) < 4.78 is 5.92. The van der Waals surface area contributed by atoms with Crippen LogP contribution < -0.4 is 0 Å². The second kappa shape index (κ2) is 4.45. The summed E-state index contributed by atoms with van der Waals surface area (Å²) in [7, 11) is 0. The highest BCUT2D eigenvalue weighted by atomic mass is 16.5. The Labute approximate surface area is 102 Å². The molecule has 4 rings (SSSR count). The SMILES string of the molecule is O=C(O)/C=C/COC1C2CC3CC(C2)CC1C3. The van der Waals surface area contributed by atoms with Crippen molar-refractivity contribution >= 4 is 5.97 Å². The molecular formula is C14H20O3. The van der Waals surface area contributed by atoms with Gasteiger partial charge in [0.05, 0.1) is 12.7 Å². The second-order valence-corrected chi connectivity index (χ2v) is 5.97. The lowest BCUT2D eigenvalue weighted by Gasteiger charge is -2.53. The van der Waals surface area contributed by atoms with Crippen LogP contribution >= 0.6 is 0 Å². The summed E-state index contributed by atoms with van der Waals surface area (Å²) in [5, 5.41) is 8.51. The zero-order chi connectivity index (χ0) is 11.8. The van der Waals surface area contributed by atoms with Gasteiger partial charge in [0.25, 0.3) is 0 Å². The first-order chi connectivity index (χ1) is 8.22.